The summed E-state index contributed by atoms with van der Waals surface area (Å²) in [5.41, 5.74) is 6.57. The fourth-order valence-electron chi connectivity index (χ4n) is 3.28. The third kappa shape index (κ3) is 4.25. The number of alkyl halides is 3. The molecule has 3 aromatic rings. The minimum Gasteiger partial charge on any atom is -0.366 e. The number of hydrogen-bond donors (Lipinski definition) is 2. The van der Waals surface area contributed by atoms with Gasteiger partial charge in [0.05, 0.1) is 11.1 Å². The van der Waals surface area contributed by atoms with Crippen molar-refractivity contribution in [2.75, 3.05) is 5.32 Å². The van der Waals surface area contributed by atoms with Crippen molar-refractivity contribution >= 4 is 17.6 Å². The lowest BCUT2D eigenvalue weighted by atomic mass is 9.93. The van der Waals surface area contributed by atoms with Crippen LogP contribution in [0, 0.1) is 5.92 Å². The highest BCUT2D eigenvalue weighted by atomic mass is 19.4. The van der Waals surface area contributed by atoms with Crippen LogP contribution in [0.1, 0.15) is 28.8 Å². The van der Waals surface area contributed by atoms with E-state index in [2.05, 4.69) is 15.3 Å². The number of nitrogens with two attached hydrogens (primary N) is 1. The molecule has 2 amide bonds. The number of benzene rings is 1. The molecule has 158 valence electrons. The molecule has 9 heteroatoms. The van der Waals surface area contributed by atoms with Crippen molar-refractivity contribution in [2.24, 2.45) is 11.7 Å². The van der Waals surface area contributed by atoms with Gasteiger partial charge >= 0.3 is 6.18 Å². The van der Waals surface area contributed by atoms with E-state index in [1.807, 2.05) is 0 Å². The van der Waals surface area contributed by atoms with Gasteiger partial charge in [0.2, 0.25) is 11.8 Å². The summed E-state index contributed by atoms with van der Waals surface area (Å²) in [4.78, 5) is 32.8. The number of nitrogens with one attached hydrogen (secondary N) is 1. The Bertz CT molecular complexity index is 1160. The van der Waals surface area contributed by atoms with Gasteiger partial charge in [-0.3, -0.25) is 14.6 Å². The average molecular weight is 426 g/mol. The van der Waals surface area contributed by atoms with Gasteiger partial charge in [0, 0.05) is 35.6 Å². The lowest BCUT2D eigenvalue weighted by Crippen LogP contribution is -2.18. The Morgan fingerprint density at radius 1 is 1.00 bits per heavy atom. The summed E-state index contributed by atoms with van der Waals surface area (Å²) in [5, 5.41) is 2.74. The number of primary amides is 1. The molecule has 0 atom stereocenters. The summed E-state index contributed by atoms with van der Waals surface area (Å²) < 4.78 is 38.8. The Labute approximate surface area is 175 Å². The predicted molar refractivity (Wildman–Crippen MR) is 108 cm³/mol. The van der Waals surface area contributed by atoms with Gasteiger partial charge in [0.15, 0.2) is 0 Å². The second-order valence-corrected chi connectivity index (χ2v) is 7.21. The molecule has 2 heterocycles. The van der Waals surface area contributed by atoms with E-state index in [1.165, 1.54) is 36.8 Å². The van der Waals surface area contributed by atoms with Gasteiger partial charge in [-0.1, -0.05) is 12.1 Å². The van der Waals surface area contributed by atoms with Gasteiger partial charge in [-0.15, -0.1) is 0 Å². The molecule has 1 aliphatic carbocycles. The van der Waals surface area contributed by atoms with Gasteiger partial charge in [0.1, 0.15) is 5.82 Å². The van der Waals surface area contributed by atoms with Crippen LogP contribution in [-0.4, -0.2) is 21.8 Å². The summed E-state index contributed by atoms with van der Waals surface area (Å²) in [6, 6.07) is 7.67. The highest BCUT2D eigenvalue weighted by molar-refractivity contribution is 6.07. The molecule has 1 aromatic carbocycles. The number of aromatic nitrogens is 2. The zero-order chi connectivity index (χ0) is 22.2. The van der Waals surface area contributed by atoms with E-state index in [-0.39, 0.29) is 28.8 Å². The molecule has 3 N–H and O–H groups in total. The molecular formula is C22H17F3N4O2. The van der Waals surface area contributed by atoms with Gasteiger partial charge in [-0.25, -0.2) is 4.98 Å². The summed E-state index contributed by atoms with van der Waals surface area (Å²) in [6.45, 7) is 0. The van der Waals surface area contributed by atoms with Crippen molar-refractivity contribution in [1.82, 2.24) is 9.97 Å². The van der Waals surface area contributed by atoms with Crippen LogP contribution in [0.4, 0.5) is 19.0 Å². The van der Waals surface area contributed by atoms with E-state index in [0.29, 0.717) is 16.7 Å². The number of carbonyl (C=O) groups excluding carboxylic acids is 2. The smallest absolute Gasteiger partial charge is 0.366 e. The zero-order valence-corrected chi connectivity index (χ0v) is 16.1. The van der Waals surface area contributed by atoms with Crippen LogP contribution in [0.5, 0.6) is 0 Å². The summed E-state index contributed by atoms with van der Waals surface area (Å²) in [7, 11) is 0. The second kappa shape index (κ2) is 7.82. The molecule has 4 rings (SSSR count). The van der Waals surface area contributed by atoms with Crippen molar-refractivity contribution in [3.63, 3.8) is 0 Å². The number of amides is 2. The average Bonchev–Trinajstić information content (AvgIpc) is 3.58. The minimum absolute atomic E-state index is 0.102. The van der Waals surface area contributed by atoms with Gasteiger partial charge in [-0.05, 0) is 48.2 Å². The number of halogens is 3. The van der Waals surface area contributed by atoms with Gasteiger partial charge < -0.3 is 11.1 Å². The Morgan fingerprint density at radius 3 is 2.32 bits per heavy atom. The molecule has 0 bridgehead atoms. The topological polar surface area (TPSA) is 98.0 Å². The first-order valence-corrected chi connectivity index (χ1v) is 9.47. The van der Waals surface area contributed by atoms with Crippen LogP contribution in [-0.2, 0) is 11.0 Å². The van der Waals surface area contributed by atoms with Crippen LogP contribution >= 0.6 is 0 Å². The Morgan fingerprint density at radius 2 is 1.71 bits per heavy atom. The maximum atomic E-state index is 12.9. The lowest BCUT2D eigenvalue weighted by Gasteiger charge is -2.16. The molecule has 0 saturated heterocycles. The summed E-state index contributed by atoms with van der Waals surface area (Å²) >= 11 is 0. The van der Waals surface area contributed by atoms with E-state index < -0.39 is 17.6 Å². The number of carbonyl (C=O) groups is 2. The quantitative estimate of drug-likeness (QED) is 0.636. The molecule has 1 fully saturated rings. The zero-order valence-electron chi connectivity index (χ0n) is 16.1. The summed E-state index contributed by atoms with van der Waals surface area (Å²) in [6.07, 6.45) is 1.41. The standard InChI is InChI=1S/C22H17F3N4O2/c23-22(24,25)14-5-3-12(4-6-14)15-7-9-27-11-17(15)18-16(19(26)30)8-10-28-20(18)29-21(31)13-1-2-13/h3-11,13H,1-2H2,(H2,26,30)(H,28,29,31). The number of nitrogens with zero attached hydrogens (tertiary/aromatic N) is 2. The van der Waals surface area contributed by atoms with E-state index in [4.69, 9.17) is 5.73 Å². The van der Waals surface area contributed by atoms with Crippen LogP contribution in [0.2, 0.25) is 0 Å². The molecular weight excluding hydrogens is 409 g/mol. The SMILES string of the molecule is NC(=O)c1ccnc(NC(=O)C2CC2)c1-c1cnccc1-c1ccc(C(F)(F)F)cc1. The number of hydrogen-bond acceptors (Lipinski definition) is 4. The first-order chi connectivity index (χ1) is 14.8. The molecule has 0 spiro atoms. The molecule has 1 saturated carbocycles. The van der Waals surface area contributed by atoms with Crippen molar-refractivity contribution in [3.8, 4) is 22.3 Å². The minimum atomic E-state index is -4.46. The maximum absolute atomic E-state index is 12.9. The number of anilines is 1. The van der Waals surface area contributed by atoms with Crippen LogP contribution in [0.15, 0.2) is 55.0 Å². The molecule has 0 radical (unpaired) electrons. The largest absolute Gasteiger partial charge is 0.416 e. The first kappa shape index (κ1) is 20.5. The first-order valence-electron chi connectivity index (χ1n) is 9.47. The second-order valence-electron chi connectivity index (χ2n) is 7.21. The highest BCUT2D eigenvalue weighted by Gasteiger charge is 2.32. The predicted octanol–water partition coefficient (Wildman–Crippen LogP) is 4.28. The van der Waals surface area contributed by atoms with Gasteiger partial charge in [0.25, 0.3) is 0 Å². The van der Waals surface area contributed by atoms with Crippen LogP contribution in [0.3, 0.4) is 0 Å². The van der Waals surface area contributed by atoms with E-state index in [0.717, 1.165) is 25.0 Å². The Kier molecular flexibility index (Phi) is 5.18. The Balaban J connectivity index is 1.85. The molecule has 1 aliphatic rings. The molecule has 31 heavy (non-hydrogen) atoms. The maximum Gasteiger partial charge on any atom is 0.416 e. The van der Waals surface area contributed by atoms with Crippen molar-refractivity contribution < 1.29 is 22.8 Å². The fourth-order valence-corrected chi connectivity index (χ4v) is 3.28. The summed E-state index contributed by atoms with van der Waals surface area (Å²) in [5.74, 6) is -0.901. The normalized spacial score (nSPS) is 13.6. The van der Waals surface area contributed by atoms with E-state index in [1.54, 1.807) is 6.07 Å². The fraction of sp³-hybridized carbons (Fsp3) is 0.182. The number of pyridine rings is 2. The van der Waals surface area contributed by atoms with Crippen molar-refractivity contribution in [3.05, 3.63) is 66.1 Å². The molecule has 6 nitrogen and oxygen atoms in total. The molecule has 0 aliphatic heterocycles. The van der Waals surface area contributed by atoms with E-state index in [9.17, 15) is 22.8 Å². The van der Waals surface area contributed by atoms with E-state index >= 15 is 0 Å². The van der Waals surface area contributed by atoms with Crippen molar-refractivity contribution in [2.45, 2.75) is 19.0 Å². The Hall–Kier alpha value is -3.75. The monoisotopic (exact) mass is 426 g/mol. The molecule has 2 aromatic heterocycles. The van der Waals surface area contributed by atoms with Crippen LogP contribution < -0.4 is 11.1 Å². The van der Waals surface area contributed by atoms with Crippen molar-refractivity contribution in [1.29, 1.82) is 0 Å². The number of rotatable bonds is 5. The lowest BCUT2D eigenvalue weighted by molar-refractivity contribution is -0.137. The van der Waals surface area contributed by atoms with Crippen LogP contribution in [0.25, 0.3) is 22.3 Å². The highest BCUT2D eigenvalue weighted by Crippen LogP contribution is 2.39. The van der Waals surface area contributed by atoms with Gasteiger partial charge in [-0.2, -0.15) is 13.2 Å². The third-order valence-electron chi connectivity index (χ3n) is 5.02. The molecule has 0 unspecified atom stereocenters. The third-order valence-corrected chi connectivity index (χ3v) is 5.02.